The van der Waals surface area contributed by atoms with Gasteiger partial charge in [-0.25, -0.2) is 4.90 Å². The van der Waals surface area contributed by atoms with E-state index in [-0.39, 0.29) is 35.8 Å². The van der Waals surface area contributed by atoms with Crippen molar-refractivity contribution < 1.29 is 33.8 Å². The van der Waals surface area contributed by atoms with Gasteiger partial charge >= 0.3 is 0 Å². The molecule has 4 amide bonds. The van der Waals surface area contributed by atoms with Gasteiger partial charge in [-0.1, -0.05) is 78.4 Å². The molecule has 3 fully saturated rings. The maximum Gasteiger partial charge on any atom is 0.241 e. The van der Waals surface area contributed by atoms with E-state index in [4.69, 9.17) is 9.47 Å². The largest absolute Gasteiger partial charge is 0.507 e. The van der Waals surface area contributed by atoms with Crippen LogP contribution < -0.4 is 19.3 Å². The van der Waals surface area contributed by atoms with Gasteiger partial charge in [-0.3, -0.25) is 24.1 Å². The Hall–Kier alpha value is -6.22. The summed E-state index contributed by atoms with van der Waals surface area (Å²) in [5.74, 6) is -3.20. The van der Waals surface area contributed by atoms with Crippen molar-refractivity contribution in [1.82, 2.24) is 0 Å². The number of ether oxygens (including phenoxy) is 2. The van der Waals surface area contributed by atoms with Crippen LogP contribution in [0.5, 0.6) is 17.2 Å². The molecule has 6 unspecified atom stereocenters. The summed E-state index contributed by atoms with van der Waals surface area (Å²) in [6, 6.07) is 27.1. The van der Waals surface area contributed by atoms with E-state index in [0.717, 1.165) is 16.7 Å². The number of imide groups is 2. The summed E-state index contributed by atoms with van der Waals surface area (Å²) in [5.41, 5.74) is 3.38. The number of carbonyl (C=O) groups excluding carboxylic acids is 4. The predicted octanol–water partition coefficient (Wildman–Crippen LogP) is 7.74. The Morgan fingerprint density at radius 1 is 0.818 bits per heavy atom. The predicted molar refractivity (Wildman–Crippen MR) is 210 cm³/mol. The van der Waals surface area contributed by atoms with Crippen LogP contribution in [-0.2, 0) is 25.6 Å². The lowest BCUT2D eigenvalue weighted by atomic mass is 9.51. The fraction of sp³-hybridized carbons (Fsp3) is 0.261. The molecule has 9 nitrogen and oxygen atoms in total. The van der Waals surface area contributed by atoms with Crippen molar-refractivity contribution in [2.75, 3.05) is 24.0 Å². The summed E-state index contributed by atoms with van der Waals surface area (Å²) in [7, 11) is 3.21. The summed E-state index contributed by atoms with van der Waals surface area (Å²) in [6.07, 6.45) is 8.47. The normalized spacial score (nSPS) is 25.8. The fourth-order valence-corrected chi connectivity index (χ4v) is 9.49. The van der Waals surface area contributed by atoms with Crippen LogP contribution in [-0.4, -0.2) is 43.0 Å². The fourth-order valence-electron chi connectivity index (χ4n) is 9.49. The van der Waals surface area contributed by atoms with Crippen LogP contribution in [0.3, 0.4) is 0 Å². The number of anilines is 2. The monoisotopic (exact) mass is 734 g/mol. The number of amides is 4. The van der Waals surface area contributed by atoms with Crippen molar-refractivity contribution in [2.45, 2.75) is 32.1 Å². The standard InChI is InChI=1S/C46H42N2O7/c1-5-10-28-11-9-14-35(41(28)49)40-33-22-23-34-39(36(33)26-37-43(51)48(45(53)46(37,40)2)30-12-7-6-8-13-30)44(52)47(42(34)50)31-19-16-27(17-20-31)15-18-29-25-32(54-3)21-24-38(29)55-4/h5-9,11-22,24-25,34,36-37,39-40,49H,1,10,23,26H2,2-4H3. The molecule has 0 spiro atoms. The third kappa shape index (κ3) is 5.60. The molecule has 6 atom stereocenters. The second-order valence-corrected chi connectivity index (χ2v) is 14.9. The molecular weight excluding hydrogens is 693 g/mol. The number of phenols is 1. The highest BCUT2D eigenvalue weighted by atomic mass is 16.5. The first-order valence-corrected chi connectivity index (χ1v) is 18.5. The van der Waals surface area contributed by atoms with Crippen molar-refractivity contribution >= 4 is 47.2 Å². The zero-order chi connectivity index (χ0) is 38.6. The van der Waals surface area contributed by atoms with Crippen LogP contribution in [0.4, 0.5) is 11.4 Å². The van der Waals surface area contributed by atoms with Gasteiger partial charge in [-0.2, -0.15) is 0 Å². The Labute approximate surface area is 320 Å². The topological polar surface area (TPSA) is 113 Å². The molecule has 8 rings (SSSR count). The Balaban J connectivity index is 1.15. The van der Waals surface area contributed by atoms with E-state index in [1.54, 1.807) is 62.8 Å². The molecule has 0 radical (unpaired) electrons. The van der Waals surface area contributed by atoms with Crippen molar-refractivity contribution in [1.29, 1.82) is 0 Å². The second-order valence-electron chi connectivity index (χ2n) is 14.9. The van der Waals surface area contributed by atoms with E-state index in [2.05, 4.69) is 6.58 Å². The van der Waals surface area contributed by atoms with Crippen LogP contribution >= 0.6 is 0 Å². The summed E-state index contributed by atoms with van der Waals surface area (Å²) in [4.78, 5) is 60.5. The highest BCUT2D eigenvalue weighted by molar-refractivity contribution is 6.25. The molecule has 1 N–H and O–H groups in total. The summed E-state index contributed by atoms with van der Waals surface area (Å²) >= 11 is 0. The first-order valence-electron chi connectivity index (χ1n) is 18.5. The first-order chi connectivity index (χ1) is 26.6. The quantitative estimate of drug-likeness (QED) is 0.106. The molecule has 9 heteroatoms. The Morgan fingerprint density at radius 3 is 2.27 bits per heavy atom. The number of hydrogen-bond donors (Lipinski definition) is 1. The number of para-hydroxylation sites is 2. The molecule has 4 aromatic carbocycles. The minimum Gasteiger partial charge on any atom is -0.507 e. The number of carbonyl (C=O) groups is 4. The number of benzene rings is 4. The number of rotatable bonds is 9. The molecule has 0 bridgehead atoms. The molecule has 278 valence electrons. The molecular formula is C46H42N2O7. The van der Waals surface area contributed by atoms with E-state index >= 15 is 0 Å². The molecule has 0 aromatic heterocycles. The van der Waals surface area contributed by atoms with Crippen LogP contribution in [0.15, 0.2) is 115 Å². The highest BCUT2D eigenvalue weighted by Gasteiger charge is 2.68. The highest BCUT2D eigenvalue weighted by Crippen LogP contribution is 2.64. The summed E-state index contributed by atoms with van der Waals surface area (Å²) < 4.78 is 10.9. The van der Waals surface area contributed by atoms with Crippen molar-refractivity contribution in [3.05, 3.63) is 138 Å². The first kappa shape index (κ1) is 35.8. The van der Waals surface area contributed by atoms with Crippen LogP contribution in [0.1, 0.15) is 47.9 Å². The van der Waals surface area contributed by atoms with Crippen LogP contribution in [0, 0.1) is 29.1 Å². The van der Waals surface area contributed by atoms with E-state index in [0.29, 0.717) is 46.8 Å². The lowest BCUT2D eigenvalue weighted by Crippen LogP contribution is -2.49. The Morgan fingerprint density at radius 2 is 1.56 bits per heavy atom. The Kier molecular flexibility index (Phi) is 9.04. The number of fused-ring (bicyclic) bond motifs is 4. The maximum absolute atomic E-state index is 14.7. The van der Waals surface area contributed by atoms with Crippen LogP contribution in [0.2, 0.25) is 0 Å². The van der Waals surface area contributed by atoms with Gasteiger partial charge in [0.15, 0.2) is 0 Å². The molecule has 55 heavy (non-hydrogen) atoms. The van der Waals surface area contributed by atoms with Crippen molar-refractivity contribution in [3.63, 3.8) is 0 Å². The average Bonchev–Trinajstić information content (AvgIpc) is 3.57. The van der Waals surface area contributed by atoms with Gasteiger partial charge in [-0.15, -0.1) is 6.58 Å². The lowest BCUT2D eigenvalue weighted by molar-refractivity contribution is -0.131. The summed E-state index contributed by atoms with van der Waals surface area (Å²) in [5, 5.41) is 11.7. The maximum atomic E-state index is 14.7. The molecule has 4 aliphatic rings. The number of methoxy groups -OCH3 is 2. The smallest absolute Gasteiger partial charge is 0.241 e. The minimum absolute atomic E-state index is 0.0453. The van der Waals surface area contributed by atoms with Gasteiger partial charge in [0, 0.05) is 17.0 Å². The zero-order valence-corrected chi connectivity index (χ0v) is 31.0. The second kappa shape index (κ2) is 13.9. The zero-order valence-electron chi connectivity index (χ0n) is 31.0. The molecule has 4 aromatic rings. The van der Waals surface area contributed by atoms with Crippen LogP contribution in [0.25, 0.3) is 12.2 Å². The van der Waals surface area contributed by atoms with Gasteiger partial charge in [-0.05, 0) is 85.7 Å². The van der Waals surface area contributed by atoms with E-state index in [9.17, 15) is 24.3 Å². The van der Waals surface area contributed by atoms with Crippen molar-refractivity contribution in [2.24, 2.45) is 29.1 Å². The SMILES string of the molecule is C=CCc1cccc(C2C3=CCC4C(=O)N(c5ccc(C=Cc6cc(OC)ccc6OC)cc5)C(=O)C4C3CC3C(=O)N(c4ccccc4)C(=O)C32C)c1O. The molecule has 2 saturated heterocycles. The van der Waals surface area contributed by atoms with E-state index < -0.39 is 35.0 Å². The average molecular weight is 735 g/mol. The third-order valence-electron chi connectivity index (χ3n) is 12.2. The number of nitrogens with zero attached hydrogens (tertiary/aromatic N) is 2. The van der Waals surface area contributed by atoms with Gasteiger partial charge in [0.2, 0.25) is 23.6 Å². The van der Waals surface area contributed by atoms with E-state index in [1.165, 1.54) is 9.80 Å². The lowest BCUT2D eigenvalue weighted by Gasteiger charge is -2.49. The number of aromatic hydroxyl groups is 1. The van der Waals surface area contributed by atoms with E-state index in [1.807, 2.05) is 73.7 Å². The van der Waals surface area contributed by atoms with Gasteiger partial charge in [0.1, 0.15) is 17.2 Å². The van der Waals surface area contributed by atoms with Gasteiger partial charge in [0.05, 0.1) is 48.8 Å². The summed E-state index contributed by atoms with van der Waals surface area (Å²) in [6.45, 7) is 5.67. The number of hydrogen-bond acceptors (Lipinski definition) is 7. The minimum atomic E-state index is -1.25. The number of allylic oxidation sites excluding steroid dienone is 3. The van der Waals surface area contributed by atoms with Gasteiger partial charge in [0.25, 0.3) is 0 Å². The molecule has 1 saturated carbocycles. The van der Waals surface area contributed by atoms with Gasteiger partial charge < -0.3 is 14.6 Å². The molecule has 2 aliphatic heterocycles. The third-order valence-corrected chi connectivity index (χ3v) is 12.2. The molecule has 2 aliphatic carbocycles. The molecule has 2 heterocycles. The number of phenolic OH excluding ortho intramolecular Hbond substituents is 1. The van der Waals surface area contributed by atoms with Crippen molar-refractivity contribution in [3.8, 4) is 17.2 Å². The Bertz CT molecular complexity index is 2290.